The summed E-state index contributed by atoms with van der Waals surface area (Å²) in [5.41, 5.74) is 2.77. The summed E-state index contributed by atoms with van der Waals surface area (Å²) in [5, 5.41) is 9.20. The van der Waals surface area contributed by atoms with Gasteiger partial charge < -0.3 is 9.84 Å². The summed E-state index contributed by atoms with van der Waals surface area (Å²) in [7, 11) is 0. The van der Waals surface area contributed by atoms with E-state index in [1.807, 2.05) is 0 Å². The molecular weight excluding hydrogens is 212 g/mol. The van der Waals surface area contributed by atoms with Crippen LogP contribution in [0.1, 0.15) is 11.1 Å². The molecule has 0 atom stereocenters. The SMILES string of the molecule is Oc1ccc(OC2Cc3ccccc3C2)cc1. The molecule has 1 aliphatic carbocycles. The van der Waals surface area contributed by atoms with Crippen molar-refractivity contribution < 1.29 is 9.84 Å². The Morgan fingerprint density at radius 1 is 0.882 bits per heavy atom. The fourth-order valence-electron chi connectivity index (χ4n) is 2.32. The van der Waals surface area contributed by atoms with Gasteiger partial charge in [-0.2, -0.15) is 0 Å². The van der Waals surface area contributed by atoms with E-state index in [2.05, 4.69) is 24.3 Å². The van der Waals surface area contributed by atoms with E-state index in [1.165, 1.54) is 11.1 Å². The van der Waals surface area contributed by atoms with Crippen molar-refractivity contribution in [2.45, 2.75) is 18.9 Å². The van der Waals surface area contributed by atoms with Crippen molar-refractivity contribution in [3.8, 4) is 11.5 Å². The van der Waals surface area contributed by atoms with Crippen molar-refractivity contribution in [3.63, 3.8) is 0 Å². The van der Waals surface area contributed by atoms with Gasteiger partial charge in [0.1, 0.15) is 17.6 Å². The van der Waals surface area contributed by atoms with Crippen molar-refractivity contribution in [1.82, 2.24) is 0 Å². The molecule has 0 aliphatic heterocycles. The minimum atomic E-state index is 0.219. The van der Waals surface area contributed by atoms with Gasteiger partial charge in [0.05, 0.1) is 0 Å². The maximum Gasteiger partial charge on any atom is 0.120 e. The fourth-order valence-corrected chi connectivity index (χ4v) is 2.32. The standard InChI is InChI=1S/C15H14O2/c16-13-5-7-14(8-6-13)17-15-9-11-3-1-2-4-12(11)10-15/h1-8,15-16H,9-10H2. The fraction of sp³-hybridized carbons (Fsp3) is 0.200. The zero-order valence-corrected chi connectivity index (χ0v) is 9.47. The van der Waals surface area contributed by atoms with Crippen molar-refractivity contribution in [3.05, 3.63) is 59.7 Å². The quantitative estimate of drug-likeness (QED) is 0.853. The topological polar surface area (TPSA) is 29.5 Å². The first-order valence-electron chi connectivity index (χ1n) is 5.84. The molecule has 2 aromatic carbocycles. The summed E-state index contributed by atoms with van der Waals surface area (Å²) in [4.78, 5) is 0. The van der Waals surface area contributed by atoms with Gasteiger partial charge in [0.2, 0.25) is 0 Å². The number of phenolic OH excluding ortho intramolecular Hbond substituents is 1. The Balaban J connectivity index is 1.71. The highest BCUT2D eigenvalue weighted by atomic mass is 16.5. The van der Waals surface area contributed by atoms with Crippen molar-refractivity contribution in [2.75, 3.05) is 0 Å². The third-order valence-corrected chi connectivity index (χ3v) is 3.15. The average molecular weight is 226 g/mol. The second kappa shape index (κ2) is 4.13. The van der Waals surface area contributed by atoms with Gasteiger partial charge in [-0.05, 0) is 35.4 Å². The number of hydrogen-bond acceptors (Lipinski definition) is 2. The molecule has 0 amide bonds. The van der Waals surface area contributed by atoms with Crippen LogP contribution >= 0.6 is 0 Å². The molecule has 0 spiro atoms. The summed E-state index contributed by atoms with van der Waals surface area (Å²) in [6.45, 7) is 0. The molecule has 86 valence electrons. The predicted molar refractivity (Wildman–Crippen MR) is 66.4 cm³/mol. The van der Waals surface area contributed by atoms with Crippen molar-refractivity contribution in [1.29, 1.82) is 0 Å². The van der Waals surface area contributed by atoms with Crippen LogP contribution in [0.3, 0.4) is 0 Å². The Hall–Kier alpha value is -1.96. The van der Waals surface area contributed by atoms with E-state index in [-0.39, 0.29) is 11.9 Å². The molecule has 0 saturated heterocycles. The largest absolute Gasteiger partial charge is 0.508 e. The zero-order valence-electron chi connectivity index (χ0n) is 9.47. The summed E-state index contributed by atoms with van der Waals surface area (Å²) in [5.74, 6) is 1.09. The highest BCUT2D eigenvalue weighted by Crippen LogP contribution is 2.26. The van der Waals surface area contributed by atoms with Crippen LogP contribution in [0.2, 0.25) is 0 Å². The molecule has 0 unspecified atom stereocenters. The molecular formula is C15H14O2. The molecule has 0 radical (unpaired) electrons. The van der Waals surface area contributed by atoms with Crippen LogP contribution in [0, 0.1) is 0 Å². The lowest BCUT2D eigenvalue weighted by Gasteiger charge is -2.12. The summed E-state index contributed by atoms with van der Waals surface area (Å²) in [6.07, 6.45) is 2.16. The molecule has 2 aromatic rings. The molecule has 0 fully saturated rings. The Morgan fingerprint density at radius 2 is 1.47 bits per heavy atom. The maximum absolute atomic E-state index is 9.20. The van der Waals surface area contributed by atoms with E-state index in [0.717, 1.165) is 18.6 Å². The predicted octanol–water partition coefficient (Wildman–Crippen LogP) is 2.94. The number of aromatic hydroxyl groups is 1. The van der Waals surface area contributed by atoms with E-state index in [1.54, 1.807) is 24.3 Å². The van der Waals surface area contributed by atoms with Crippen LogP contribution in [0.5, 0.6) is 11.5 Å². The molecule has 2 nitrogen and oxygen atoms in total. The third-order valence-electron chi connectivity index (χ3n) is 3.15. The lowest BCUT2D eigenvalue weighted by atomic mass is 10.1. The number of phenols is 1. The molecule has 1 N–H and O–H groups in total. The lowest BCUT2D eigenvalue weighted by molar-refractivity contribution is 0.213. The van der Waals surface area contributed by atoms with Crippen LogP contribution in [0.4, 0.5) is 0 Å². The van der Waals surface area contributed by atoms with E-state index in [0.29, 0.717) is 0 Å². The van der Waals surface area contributed by atoms with E-state index >= 15 is 0 Å². The van der Waals surface area contributed by atoms with Gasteiger partial charge in [-0.1, -0.05) is 24.3 Å². The lowest BCUT2D eigenvalue weighted by Crippen LogP contribution is -2.16. The zero-order chi connectivity index (χ0) is 11.7. The molecule has 17 heavy (non-hydrogen) atoms. The van der Waals surface area contributed by atoms with E-state index in [4.69, 9.17) is 4.74 Å². The highest BCUT2D eigenvalue weighted by Gasteiger charge is 2.22. The number of hydrogen-bond donors (Lipinski definition) is 1. The maximum atomic E-state index is 9.20. The number of ether oxygens (including phenoxy) is 1. The van der Waals surface area contributed by atoms with Gasteiger partial charge in [0.15, 0.2) is 0 Å². The molecule has 0 saturated carbocycles. The van der Waals surface area contributed by atoms with E-state index < -0.39 is 0 Å². The normalized spacial score (nSPS) is 14.6. The minimum absolute atomic E-state index is 0.219. The summed E-state index contributed by atoms with van der Waals surface area (Å²) < 4.78 is 5.90. The number of benzene rings is 2. The van der Waals surface area contributed by atoms with Crippen LogP contribution in [0.15, 0.2) is 48.5 Å². The summed E-state index contributed by atoms with van der Waals surface area (Å²) >= 11 is 0. The van der Waals surface area contributed by atoms with Gasteiger partial charge in [-0.3, -0.25) is 0 Å². The van der Waals surface area contributed by atoms with Gasteiger partial charge in [0, 0.05) is 12.8 Å². The Kier molecular flexibility index (Phi) is 2.48. The second-order valence-corrected chi connectivity index (χ2v) is 4.41. The van der Waals surface area contributed by atoms with Gasteiger partial charge >= 0.3 is 0 Å². The first-order chi connectivity index (χ1) is 8.31. The third kappa shape index (κ3) is 2.11. The van der Waals surface area contributed by atoms with Crippen molar-refractivity contribution >= 4 is 0 Å². The van der Waals surface area contributed by atoms with E-state index in [9.17, 15) is 5.11 Å². The Labute approximate surface area is 100 Å². The molecule has 0 heterocycles. The highest BCUT2D eigenvalue weighted by molar-refractivity contribution is 5.34. The van der Waals surface area contributed by atoms with Crippen LogP contribution in [-0.2, 0) is 12.8 Å². The smallest absolute Gasteiger partial charge is 0.120 e. The van der Waals surface area contributed by atoms with Gasteiger partial charge in [0.25, 0.3) is 0 Å². The minimum Gasteiger partial charge on any atom is -0.508 e. The first-order valence-corrected chi connectivity index (χ1v) is 5.84. The number of rotatable bonds is 2. The molecule has 1 aliphatic rings. The summed E-state index contributed by atoms with van der Waals surface area (Å²) in [6, 6.07) is 15.4. The molecule has 3 rings (SSSR count). The van der Waals surface area contributed by atoms with Gasteiger partial charge in [-0.15, -0.1) is 0 Å². The molecule has 0 aromatic heterocycles. The van der Waals surface area contributed by atoms with Crippen LogP contribution < -0.4 is 4.74 Å². The van der Waals surface area contributed by atoms with Gasteiger partial charge in [-0.25, -0.2) is 0 Å². The molecule has 0 bridgehead atoms. The average Bonchev–Trinajstić information content (AvgIpc) is 2.74. The van der Waals surface area contributed by atoms with Crippen LogP contribution in [-0.4, -0.2) is 11.2 Å². The molecule has 2 heteroatoms. The second-order valence-electron chi connectivity index (χ2n) is 4.41. The Morgan fingerprint density at radius 3 is 2.06 bits per heavy atom. The first kappa shape index (κ1) is 10.2. The monoisotopic (exact) mass is 226 g/mol. The van der Waals surface area contributed by atoms with Crippen LogP contribution in [0.25, 0.3) is 0 Å². The Bertz CT molecular complexity index is 492. The van der Waals surface area contributed by atoms with Crippen molar-refractivity contribution in [2.24, 2.45) is 0 Å². The number of fused-ring (bicyclic) bond motifs is 1.